The molecule has 0 spiro atoms. The van der Waals surface area contributed by atoms with Gasteiger partial charge < -0.3 is 20.0 Å². The van der Waals surface area contributed by atoms with Crippen LogP contribution in [0.25, 0.3) is 0 Å². The Bertz CT molecular complexity index is 632. The molecule has 3 rings (SSSR count). The summed E-state index contributed by atoms with van der Waals surface area (Å²) in [6.45, 7) is 7.38. The molecule has 7 nitrogen and oxygen atoms in total. The van der Waals surface area contributed by atoms with Crippen LogP contribution < -0.4 is 10.2 Å². The van der Waals surface area contributed by atoms with E-state index in [1.54, 1.807) is 6.92 Å². The highest BCUT2D eigenvalue weighted by atomic mass is 16.2. The summed E-state index contributed by atoms with van der Waals surface area (Å²) < 4.78 is 0. The Morgan fingerprint density at radius 2 is 1.81 bits per heavy atom. The fourth-order valence-corrected chi connectivity index (χ4v) is 3.79. The first kappa shape index (κ1) is 19.6. The lowest BCUT2D eigenvalue weighted by Crippen LogP contribution is -2.44. The summed E-state index contributed by atoms with van der Waals surface area (Å²) in [7, 11) is 2.14. The average Bonchev–Trinajstić information content (AvgIpc) is 2.68. The van der Waals surface area contributed by atoms with E-state index in [2.05, 4.69) is 27.1 Å². The molecule has 7 heteroatoms. The maximum atomic E-state index is 12.2. The molecule has 0 aromatic carbocycles. The standard InChI is InChI=1S/C20H31N5O2/c1-16(26)24-9-7-17(8-10-24)3-6-20(27)22-19-5-4-18(15-21-19)25-13-11-23(2)12-14-25/h4-5,15,17H,3,6-14H2,1-2H3,(H,21,22,27). The van der Waals surface area contributed by atoms with Crippen molar-refractivity contribution in [1.29, 1.82) is 0 Å². The fourth-order valence-electron chi connectivity index (χ4n) is 3.79. The molecule has 148 valence electrons. The normalized spacial score (nSPS) is 19.2. The van der Waals surface area contributed by atoms with E-state index in [4.69, 9.17) is 0 Å². The molecule has 0 saturated carbocycles. The van der Waals surface area contributed by atoms with Crippen molar-refractivity contribution in [2.75, 3.05) is 56.5 Å². The van der Waals surface area contributed by atoms with Crippen LogP contribution >= 0.6 is 0 Å². The molecule has 3 heterocycles. The average molecular weight is 374 g/mol. The number of aromatic nitrogens is 1. The van der Waals surface area contributed by atoms with Crippen LogP contribution in [0.4, 0.5) is 11.5 Å². The number of hydrogen-bond acceptors (Lipinski definition) is 5. The number of amides is 2. The Kier molecular flexibility index (Phi) is 6.66. The van der Waals surface area contributed by atoms with Gasteiger partial charge in [-0.05, 0) is 44.4 Å². The Morgan fingerprint density at radius 1 is 1.11 bits per heavy atom. The summed E-state index contributed by atoms with van der Waals surface area (Å²) >= 11 is 0. The number of carbonyl (C=O) groups is 2. The molecule has 0 atom stereocenters. The summed E-state index contributed by atoms with van der Waals surface area (Å²) in [4.78, 5) is 34.5. The summed E-state index contributed by atoms with van der Waals surface area (Å²) in [6, 6.07) is 3.92. The number of nitrogens with zero attached hydrogens (tertiary/aromatic N) is 4. The molecule has 0 unspecified atom stereocenters. The van der Waals surface area contributed by atoms with E-state index in [0.29, 0.717) is 18.2 Å². The zero-order valence-corrected chi connectivity index (χ0v) is 16.5. The molecular formula is C20H31N5O2. The number of carbonyl (C=O) groups excluding carboxylic acids is 2. The molecule has 2 saturated heterocycles. The number of pyridine rings is 1. The van der Waals surface area contributed by atoms with Crippen LogP contribution in [0.1, 0.15) is 32.6 Å². The van der Waals surface area contributed by atoms with E-state index >= 15 is 0 Å². The van der Waals surface area contributed by atoms with E-state index < -0.39 is 0 Å². The molecule has 2 aliphatic heterocycles. The zero-order valence-electron chi connectivity index (χ0n) is 16.5. The predicted molar refractivity (Wildman–Crippen MR) is 107 cm³/mol. The van der Waals surface area contributed by atoms with Gasteiger partial charge in [-0.25, -0.2) is 4.98 Å². The minimum absolute atomic E-state index is 0.0174. The molecule has 1 N–H and O–H groups in total. The number of anilines is 2. The van der Waals surface area contributed by atoms with Gasteiger partial charge in [-0.2, -0.15) is 0 Å². The summed E-state index contributed by atoms with van der Waals surface area (Å²) in [6.07, 6.45) is 5.21. The van der Waals surface area contributed by atoms with Crippen LogP contribution in [0.2, 0.25) is 0 Å². The minimum atomic E-state index is 0.0174. The Morgan fingerprint density at radius 3 is 2.41 bits per heavy atom. The highest BCUT2D eigenvalue weighted by Gasteiger charge is 2.21. The lowest BCUT2D eigenvalue weighted by molar-refractivity contribution is -0.130. The van der Waals surface area contributed by atoms with Crippen LogP contribution in [-0.2, 0) is 9.59 Å². The van der Waals surface area contributed by atoms with Gasteiger partial charge in [0, 0.05) is 52.6 Å². The predicted octanol–water partition coefficient (Wildman–Crippen LogP) is 1.81. The first-order valence-corrected chi connectivity index (χ1v) is 9.96. The monoisotopic (exact) mass is 373 g/mol. The van der Waals surface area contributed by atoms with Gasteiger partial charge in [-0.1, -0.05) is 0 Å². The molecule has 2 fully saturated rings. The lowest BCUT2D eigenvalue weighted by Gasteiger charge is -2.33. The summed E-state index contributed by atoms with van der Waals surface area (Å²) in [5, 5.41) is 2.90. The van der Waals surface area contributed by atoms with Crippen LogP contribution in [0.15, 0.2) is 18.3 Å². The maximum Gasteiger partial charge on any atom is 0.225 e. The van der Waals surface area contributed by atoms with Gasteiger partial charge in [-0.15, -0.1) is 0 Å². The molecule has 27 heavy (non-hydrogen) atoms. The van der Waals surface area contributed by atoms with Crippen LogP contribution in [0.5, 0.6) is 0 Å². The van der Waals surface area contributed by atoms with Gasteiger partial charge in [-0.3, -0.25) is 9.59 Å². The van der Waals surface area contributed by atoms with Gasteiger partial charge in [0.05, 0.1) is 11.9 Å². The summed E-state index contributed by atoms with van der Waals surface area (Å²) in [5.41, 5.74) is 1.11. The van der Waals surface area contributed by atoms with Gasteiger partial charge in [0.25, 0.3) is 0 Å². The second-order valence-electron chi connectivity index (χ2n) is 7.73. The van der Waals surface area contributed by atoms with Crippen molar-refractivity contribution >= 4 is 23.3 Å². The molecule has 2 aliphatic rings. The van der Waals surface area contributed by atoms with Crippen LogP contribution in [0, 0.1) is 5.92 Å². The van der Waals surface area contributed by atoms with Crippen molar-refractivity contribution in [3.05, 3.63) is 18.3 Å². The quantitative estimate of drug-likeness (QED) is 0.853. The van der Waals surface area contributed by atoms with Gasteiger partial charge in [0.2, 0.25) is 11.8 Å². The number of hydrogen-bond donors (Lipinski definition) is 1. The SMILES string of the molecule is CC(=O)N1CCC(CCC(=O)Nc2ccc(N3CCN(C)CC3)cn2)CC1. The number of nitrogens with one attached hydrogen (secondary N) is 1. The maximum absolute atomic E-state index is 12.2. The largest absolute Gasteiger partial charge is 0.368 e. The Balaban J connectivity index is 1.40. The third kappa shape index (κ3) is 5.66. The zero-order chi connectivity index (χ0) is 19.2. The van der Waals surface area contributed by atoms with E-state index in [1.807, 2.05) is 23.2 Å². The van der Waals surface area contributed by atoms with Crippen molar-refractivity contribution in [2.45, 2.75) is 32.6 Å². The number of piperidine rings is 1. The van der Waals surface area contributed by atoms with E-state index in [-0.39, 0.29) is 11.8 Å². The van der Waals surface area contributed by atoms with Crippen molar-refractivity contribution in [2.24, 2.45) is 5.92 Å². The van der Waals surface area contributed by atoms with Gasteiger partial charge in [0.15, 0.2) is 0 Å². The Hall–Kier alpha value is -2.15. The third-order valence-electron chi connectivity index (χ3n) is 5.72. The number of rotatable bonds is 5. The topological polar surface area (TPSA) is 68.8 Å². The number of likely N-dealkylation sites (N-methyl/N-ethyl adjacent to an activating group) is 1. The molecule has 1 aromatic heterocycles. The van der Waals surface area contributed by atoms with Gasteiger partial charge >= 0.3 is 0 Å². The van der Waals surface area contributed by atoms with E-state index in [9.17, 15) is 9.59 Å². The van der Waals surface area contributed by atoms with Crippen LogP contribution in [0.3, 0.4) is 0 Å². The lowest BCUT2D eigenvalue weighted by atomic mass is 9.92. The van der Waals surface area contributed by atoms with Crippen molar-refractivity contribution in [1.82, 2.24) is 14.8 Å². The molecule has 2 amide bonds. The summed E-state index contributed by atoms with van der Waals surface area (Å²) in [5.74, 6) is 1.31. The first-order chi connectivity index (χ1) is 13.0. The van der Waals surface area contributed by atoms with Crippen molar-refractivity contribution in [3.8, 4) is 0 Å². The van der Waals surface area contributed by atoms with E-state index in [1.165, 1.54) is 0 Å². The highest BCUT2D eigenvalue weighted by molar-refractivity contribution is 5.89. The number of piperazine rings is 1. The number of likely N-dealkylation sites (tertiary alicyclic amines) is 1. The van der Waals surface area contributed by atoms with Crippen molar-refractivity contribution in [3.63, 3.8) is 0 Å². The van der Waals surface area contributed by atoms with Crippen LogP contribution in [-0.4, -0.2) is 72.9 Å². The molecule has 0 aliphatic carbocycles. The first-order valence-electron chi connectivity index (χ1n) is 9.96. The molecule has 0 bridgehead atoms. The third-order valence-corrected chi connectivity index (χ3v) is 5.72. The van der Waals surface area contributed by atoms with Crippen molar-refractivity contribution < 1.29 is 9.59 Å². The van der Waals surface area contributed by atoms with Gasteiger partial charge in [0.1, 0.15) is 5.82 Å². The molecule has 0 radical (unpaired) electrons. The molecule has 1 aromatic rings. The second kappa shape index (κ2) is 9.17. The second-order valence-corrected chi connectivity index (χ2v) is 7.73. The molecular weight excluding hydrogens is 342 g/mol. The van der Waals surface area contributed by atoms with E-state index in [0.717, 1.165) is 64.2 Å². The minimum Gasteiger partial charge on any atom is -0.368 e. The fraction of sp³-hybridized carbons (Fsp3) is 0.650. The highest BCUT2D eigenvalue weighted by Crippen LogP contribution is 2.22. The smallest absolute Gasteiger partial charge is 0.225 e. The Labute approximate surface area is 161 Å².